The fourth-order valence-electron chi connectivity index (χ4n) is 2.91. The Hall–Kier alpha value is -1.68. The van der Waals surface area contributed by atoms with Crippen molar-refractivity contribution in [2.24, 2.45) is 0 Å². The van der Waals surface area contributed by atoms with Gasteiger partial charge in [0.05, 0.1) is 6.42 Å². The van der Waals surface area contributed by atoms with Crippen molar-refractivity contribution in [3.8, 4) is 0 Å². The predicted octanol–water partition coefficient (Wildman–Crippen LogP) is 3.54. The molecule has 0 saturated heterocycles. The fourth-order valence-corrected chi connectivity index (χ4v) is 2.91. The van der Waals surface area contributed by atoms with Crippen molar-refractivity contribution in [2.45, 2.75) is 78.7 Å². The molecule has 4 nitrogen and oxygen atoms in total. The van der Waals surface area contributed by atoms with Gasteiger partial charge in [-0.15, -0.1) is 0 Å². The number of hydrogen-bond donors (Lipinski definition) is 1. The van der Waals surface area contributed by atoms with E-state index in [1.807, 2.05) is 6.92 Å². The molecule has 0 fully saturated rings. The second kappa shape index (κ2) is 8.97. The van der Waals surface area contributed by atoms with Crippen LogP contribution in [0.2, 0.25) is 0 Å². The van der Waals surface area contributed by atoms with E-state index in [-0.39, 0.29) is 12.8 Å². The lowest BCUT2D eigenvalue weighted by atomic mass is 9.92. The van der Waals surface area contributed by atoms with Crippen LogP contribution >= 0.6 is 0 Å². The Bertz CT molecular complexity index is 562. The van der Waals surface area contributed by atoms with E-state index in [2.05, 4.69) is 32.9 Å². The van der Waals surface area contributed by atoms with Crippen molar-refractivity contribution in [3.63, 3.8) is 0 Å². The van der Waals surface area contributed by atoms with Crippen LogP contribution in [-0.4, -0.2) is 22.6 Å². The highest BCUT2D eigenvalue weighted by molar-refractivity contribution is 5.91. The highest BCUT2D eigenvalue weighted by Crippen LogP contribution is 2.22. The van der Waals surface area contributed by atoms with Crippen molar-refractivity contribution in [3.05, 3.63) is 34.4 Å². The van der Waals surface area contributed by atoms with Gasteiger partial charge < -0.3 is 9.84 Å². The second-order valence-corrected chi connectivity index (χ2v) is 6.42. The van der Waals surface area contributed by atoms with Crippen LogP contribution in [0, 0.1) is 0 Å². The summed E-state index contributed by atoms with van der Waals surface area (Å²) in [6, 6.07) is 4.24. The third-order valence-corrected chi connectivity index (χ3v) is 4.37. The molecule has 0 aromatic heterocycles. The van der Waals surface area contributed by atoms with Crippen molar-refractivity contribution in [2.75, 3.05) is 0 Å². The quantitative estimate of drug-likeness (QED) is 0.583. The maximum Gasteiger partial charge on any atom is 0.345 e. The number of rotatable bonds is 8. The van der Waals surface area contributed by atoms with Gasteiger partial charge in [-0.25, -0.2) is 4.79 Å². The number of ether oxygens (including phenoxy) is 1. The molecule has 24 heavy (non-hydrogen) atoms. The van der Waals surface area contributed by atoms with Crippen LogP contribution < -0.4 is 0 Å². The molecule has 1 atom stereocenters. The van der Waals surface area contributed by atoms with Crippen LogP contribution in [0.1, 0.15) is 69.7 Å². The summed E-state index contributed by atoms with van der Waals surface area (Å²) in [4.78, 5) is 24.2. The summed E-state index contributed by atoms with van der Waals surface area (Å²) in [5.74, 6) is -1.47. The number of carbonyl (C=O) groups is 2. The molecule has 0 saturated carbocycles. The van der Waals surface area contributed by atoms with E-state index in [4.69, 9.17) is 4.74 Å². The van der Waals surface area contributed by atoms with Gasteiger partial charge in [0.25, 0.3) is 0 Å². The highest BCUT2D eigenvalue weighted by atomic mass is 16.6. The fraction of sp³-hybridized carbons (Fsp3) is 0.600. The van der Waals surface area contributed by atoms with Gasteiger partial charge in [0.2, 0.25) is 0 Å². The standard InChI is InChI=1S/C20H30O4/c1-6-10-20(5,23)19(22)24-18(21)13-17-15(8-3)11-14(7-2)12-16(17)9-4/h11-12,23H,6-10,13H2,1-5H3. The van der Waals surface area contributed by atoms with Crippen molar-refractivity contribution in [1.29, 1.82) is 0 Å². The number of benzene rings is 1. The Labute approximate surface area is 145 Å². The molecule has 1 unspecified atom stereocenters. The molecule has 134 valence electrons. The first kappa shape index (κ1) is 20.4. The molecule has 1 N–H and O–H groups in total. The summed E-state index contributed by atoms with van der Waals surface area (Å²) in [7, 11) is 0. The van der Waals surface area contributed by atoms with Crippen LogP contribution in [0.3, 0.4) is 0 Å². The van der Waals surface area contributed by atoms with E-state index in [1.54, 1.807) is 0 Å². The average Bonchev–Trinajstić information content (AvgIpc) is 2.54. The maximum atomic E-state index is 12.2. The van der Waals surface area contributed by atoms with Crippen LogP contribution in [0.25, 0.3) is 0 Å². The van der Waals surface area contributed by atoms with E-state index in [0.717, 1.165) is 36.0 Å². The number of hydrogen-bond acceptors (Lipinski definition) is 4. The molecule has 0 aliphatic rings. The van der Waals surface area contributed by atoms with Crippen LogP contribution in [0.4, 0.5) is 0 Å². The Kier molecular flexibility index (Phi) is 7.61. The number of aryl methyl sites for hydroxylation is 3. The highest BCUT2D eigenvalue weighted by Gasteiger charge is 2.33. The Morgan fingerprint density at radius 1 is 1.04 bits per heavy atom. The van der Waals surface area contributed by atoms with E-state index in [0.29, 0.717) is 6.42 Å². The minimum atomic E-state index is -1.61. The summed E-state index contributed by atoms with van der Waals surface area (Å²) in [5.41, 5.74) is 2.83. The van der Waals surface area contributed by atoms with E-state index in [9.17, 15) is 14.7 Å². The van der Waals surface area contributed by atoms with Gasteiger partial charge in [0, 0.05) is 0 Å². The monoisotopic (exact) mass is 334 g/mol. The van der Waals surface area contributed by atoms with Gasteiger partial charge >= 0.3 is 11.9 Å². The molecule has 4 heteroatoms. The Morgan fingerprint density at radius 3 is 2.00 bits per heavy atom. The van der Waals surface area contributed by atoms with Crippen molar-refractivity contribution < 1.29 is 19.4 Å². The normalized spacial score (nSPS) is 13.4. The van der Waals surface area contributed by atoms with Crippen LogP contribution in [0.5, 0.6) is 0 Å². The lowest BCUT2D eigenvalue weighted by molar-refractivity contribution is -0.173. The number of esters is 2. The average molecular weight is 334 g/mol. The zero-order valence-electron chi connectivity index (χ0n) is 15.6. The first-order valence-electron chi connectivity index (χ1n) is 8.89. The van der Waals surface area contributed by atoms with Gasteiger partial charge in [0.15, 0.2) is 5.60 Å². The SMILES string of the molecule is CCCC(C)(O)C(=O)OC(=O)Cc1c(CC)cc(CC)cc1CC. The molecular weight excluding hydrogens is 304 g/mol. The molecule has 1 aromatic rings. The minimum absolute atomic E-state index is 0.0598. The van der Waals surface area contributed by atoms with E-state index < -0.39 is 17.5 Å². The lowest BCUT2D eigenvalue weighted by Gasteiger charge is -2.20. The molecule has 1 aromatic carbocycles. The summed E-state index contributed by atoms with van der Waals surface area (Å²) in [6.07, 6.45) is 3.56. The zero-order valence-corrected chi connectivity index (χ0v) is 15.6. The molecule has 0 spiro atoms. The largest absolute Gasteiger partial charge is 0.391 e. The zero-order chi connectivity index (χ0) is 18.3. The minimum Gasteiger partial charge on any atom is -0.391 e. The summed E-state index contributed by atoms with van der Waals surface area (Å²) >= 11 is 0. The third-order valence-electron chi connectivity index (χ3n) is 4.37. The molecule has 0 bridgehead atoms. The topological polar surface area (TPSA) is 63.6 Å². The molecule has 0 aliphatic heterocycles. The van der Waals surface area contributed by atoms with Gasteiger partial charge in [-0.3, -0.25) is 4.79 Å². The molecule has 0 heterocycles. The van der Waals surface area contributed by atoms with Gasteiger partial charge in [-0.2, -0.15) is 0 Å². The van der Waals surface area contributed by atoms with Gasteiger partial charge in [-0.1, -0.05) is 46.2 Å². The third kappa shape index (κ3) is 5.17. The summed E-state index contributed by atoms with van der Waals surface area (Å²) < 4.78 is 4.90. The van der Waals surface area contributed by atoms with Gasteiger partial charge in [0.1, 0.15) is 0 Å². The van der Waals surface area contributed by atoms with E-state index >= 15 is 0 Å². The molecule has 0 amide bonds. The number of carbonyl (C=O) groups excluding carboxylic acids is 2. The maximum absolute atomic E-state index is 12.2. The Morgan fingerprint density at radius 2 is 1.58 bits per heavy atom. The first-order chi connectivity index (χ1) is 11.3. The Balaban J connectivity index is 2.96. The van der Waals surface area contributed by atoms with Crippen LogP contribution in [-0.2, 0) is 40.0 Å². The lowest BCUT2D eigenvalue weighted by Crippen LogP contribution is -2.38. The molecule has 0 radical (unpaired) electrons. The van der Waals surface area contributed by atoms with Crippen LogP contribution in [0.15, 0.2) is 12.1 Å². The summed E-state index contributed by atoms with van der Waals surface area (Å²) in [6.45, 7) is 9.47. The first-order valence-corrected chi connectivity index (χ1v) is 8.89. The molecule has 0 aliphatic carbocycles. The second-order valence-electron chi connectivity index (χ2n) is 6.42. The number of aliphatic hydroxyl groups is 1. The summed E-state index contributed by atoms with van der Waals surface area (Å²) in [5, 5.41) is 10.0. The van der Waals surface area contributed by atoms with Gasteiger partial charge in [-0.05, 0) is 54.9 Å². The van der Waals surface area contributed by atoms with Crippen molar-refractivity contribution >= 4 is 11.9 Å². The predicted molar refractivity (Wildman–Crippen MR) is 94.9 cm³/mol. The molecular formula is C20H30O4. The van der Waals surface area contributed by atoms with E-state index in [1.165, 1.54) is 12.5 Å². The molecule has 1 rings (SSSR count). The van der Waals surface area contributed by atoms with Crippen molar-refractivity contribution in [1.82, 2.24) is 0 Å². The smallest absolute Gasteiger partial charge is 0.345 e.